The van der Waals surface area contributed by atoms with Gasteiger partial charge in [0.05, 0.1) is 16.9 Å². The van der Waals surface area contributed by atoms with Crippen LogP contribution in [0.5, 0.6) is 0 Å². The quantitative estimate of drug-likeness (QED) is 0.849. The van der Waals surface area contributed by atoms with E-state index in [9.17, 15) is 17.6 Å². The lowest BCUT2D eigenvalue weighted by atomic mass is 10.1. The Balaban J connectivity index is 2.38. The second-order valence-corrected chi connectivity index (χ2v) is 4.03. The summed E-state index contributed by atoms with van der Waals surface area (Å²) in [5.41, 5.74) is 4.60. The van der Waals surface area contributed by atoms with Crippen LogP contribution in [0.2, 0.25) is 0 Å². The molecule has 1 heterocycles. The van der Waals surface area contributed by atoms with Gasteiger partial charge in [0.15, 0.2) is 0 Å². The SMILES string of the molecule is NCc1cccc(Nc2ccc(F)cc2C(F)(F)F)n1. The normalized spacial score (nSPS) is 11.4. The standard InChI is InChI=1S/C13H11F4N3/c14-8-4-5-11(10(6-8)13(15,16)17)20-12-3-1-2-9(7-18)19-12/h1-6H,7,18H2,(H,19,20). The van der Waals surface area contributed by atoms with Crippen molar-refractivity contribution in [3.05, 3.63) is 53.5 Å². The summed E-state index contributed by atoms with van der Waals surface area (Å²) in [6, 6.07) is 7.19. The number of alkyl halides is 3. The third kappa shape index (κ3) is 3.24. The summed E-state index contributed by atoms with van der Waals surface area (Å²) in [5, 5.41) is 2.53. The number of halogens is 4. The zero-order valence-electron chi connectivity index (χ0n) is 10.2. The van der Waals surface area contributed by atoms with E-state index in [1.807, 2.05) is 0 Å². The van der Waals surface area contributed by atoms with Crippen molar-refractivity contribution in [2.45, 2.75) is 12.7 Å². The smallest absolute Gasteiger partial charge is 0.340 e. The van der Waals surface area contributed by atoms with E-state index in [1.165, 1.54) is 6.07 Å². The molecule has 7 heteroatoms. The van der Waals surface area contributed by atoms with E-state index in [0.717, 1.165) is 12.1 Å². The molecule has 106 valence electrons. The molecule has 0 aliphatic carbocycles. The second-order valence-electron chi connectivity index (χ2n) is 4.03. The Labute approximate surface area is 112 Å². The van der Waals surface area contributed by atoms with E-state index in [-0.39, 0.29) is 18.1 Å². The van der Waals surface area contributed by atoms with E-state index in [2.05, 4.69) is 10.3 Å². The van der Waals surface area contributed by atoms with Gasteiger partial charge in [-0.05, 0) is 30.3 Å². The fourth-order valence-corrected chi connectivity index (χ4v) is 1.66. The molecule has 1 aromatic carbocycles. The molecule has 0 radical (unpaired) electrons. The Hall–Kier alpha value is -2.15. The number of nitrogens with two attached hydrogens (primary N) is 1. The van der Waals surface area contributed by atoms with Crippen LogP contribution in [-0.2, 0) is 12.7 Å². The average molecular weight is 285 g/mol. The van der Waals surface area contributed by atoms with Gasteiger partial charge < -0.3 is 11.1 Å². The molecule has 2 rings (SSSR count). The molecule has 0 atom stereocenters. The van der Waals surface area contributed by atoms with Crippen LogP contribution in [0.1, 0.15) is 11.3 Å². The molecule has 0 bridgehead atoms. The molecule has 0 fully saturated rings. The van der Waals surface area contributed by atoms with Crippen LogP contribution in [0.4, 0.5) is 29.1 Å². The Morgan fingerprint density at radius 2 is 1.90 bits per heavy atom. The molecule has 0 amide bonds. The van der Waals surface area contributed by atoms with Gasteiger partial charge in [-0.3, -0.25) is 0 Å². The first kappa shape index (κ1) is 14.3. The Morgan fingerprint density at radius 1 is 1.15 bits per heavy atom. The number of rotatable bonds is 3. The number of benzene rings is 1. The zero-order chi connectivity index (χ0) is 14.8. The Bertz CT molecular complexity index is 611. The van der Waals surface area contributed by atoms with Gasteiger partial charge in [0.2, 0.25) is 0 Å². The van der Waals surface area contributed by atoms with Gasteiger partial charge in [0, 0.05) is 6.54 Å². The lowest BCUT2D eigenvalue weighted by Crippen LogP contribution is -2.10. The monoisotopic (exact) mass is 285 g/mol. The first-order valence-electron chi connectivity index (χ1n) is 5.70. The van der Waals surface area contributed by atoms with Crippen molar-refractivity contribution in [1.29, 1.82) is 0 Å². The van der Waals surface area contributed by atoms with Gasteiger partial charge in [-0.25, -0.2) is 9.37 Å². The number of hydrogen-bond acceptors (Lipinski definition) is 3. The topological polar surface area (TPSA) is 50.9 Å². The summed E-state index contributed by atoms with van der Waals surface area (Å²) in [7, 11) is 0. The molecule has 3 N–H and O–H groups in total. The third-order valence-corrected chi connectivity index (χ3v) is 2.57. The van der Waals surface area contributed by atoms with Gasteiger partial charge in [-0.2, -0.15) is 13.2 Å². The molecule has 0 saturated carbocycles. The summed E-state index contributed by atoms with van der Waals surface area (Å²) >= 11 is 0. The second kappa shape index (κ2) is 5.46. The molecular weight excluding hydrogens is 274 g/mol. The van der Waals surface area contributed by atoms with Crippen LogP contribution < -0.4 is 11.1 Å². The van der Waals surface area contributed by atoms with Gasteiger partial charge >= 0.3 is 6.18 Å². The average Bonchev–Trinajstić information content (AvgIpc) is 2.40. The fourth-order valence-electron chi connectivity index (χ4n) is 1.66. The minimum atomic E-state index is -4.66. The van der Waals surface area contributed by atoms with Gasteiger partial charge in [-0.15, -0.1) is 0 Å². The van der Waals surface area contributed by atoms with E-state index < -0.39 is 17.6 Å². The summed E-state index contributed by atoms with van der Waals surface area (Å²) in [6.07, 6.45) is -4.66. The van der Waals surface area contributed by atoms with Crippen molar-refractivity contribution in [2.24, 2.45) is 5.73 Å². The van der Waals surface area contributed by atoms with E-state index in [1.54, 1.807) is 12.1 Å². The Morgan fingerprint density at radius 3 is 2.55 bits per heavy atom. The van der Waals surface area contributed by atoms with Crippen molar-refractivity contribution < 1.29 is 17.6 Å². The number of anilines is 2. The van der Waals surface area contributed by atoms with E-state index in [0.29, 0.717) is 11.8 Å². The summed E-state index contributed by atoms with van der Waals surface area (Å²) < 4.78 is 51.5. The summed E-state index contributed by atoms with van der Waals surface area (Å²) in [6.45, 7) is 0.172. The van der Waals surface area contributed by atoms with Crippen molar-refractivity contribution in [3.63, 3.8) is 0 Å². The molecule has 0 aliphatic rings. The molecule has 2 aromatic rings. The predicted molar refractivity (Wildman–Crippen MR) is 66.8 cm³/mol. The van der Waals surface area contributed by atoms with Gasteiger partial charge in [0.25, 0.3) is 0 Å². The van der Waals surface area contributed by atoms with Crippen LogP contribution in [0.25, 0.3) is 0 Å². The van der Waals surface area contributed by atoms with Crippen LogP contribution in [0.15, 0.2) is 36.4 Å². The number of hydrogen-bond donors (Lipinski definition) is 2. The summed E-state index contributed by atoms with van der Waals surface area (Å²) in [5.74, 6) is -0.739. The van der Waals surface area contributed by atoms with Gasteiger partial charge in [-0.1, -0.05) is 6.07 Å². The number of nitrogens with one attached hydrogen (secondary N) is 1. The number of aromatic nitrogens is 1. The molecule has 0 unspecified atom stereocenters. The number of pyridine rings is 1. The first-order chi connectivity index (χ1) is 9.40. The molecule has 20 heavy (non-hydrogen) atoms. The molecule has 1 aromatic heterocycles. The number of nitrogens with zero attached hydrogens (tertiary/aromatic N) is 1. The van der Waals surface area contributed by atoms with E-state index >= 15 is 0 Å². The molecular formula is C13H11F4N3. The molecule has 0 spiro atoms. The predicted octanol–water partition coefficient (Wildman–Crippen LogP) is 3.44. The lowest BCUT2D eigenvalue weighted by molar-refractivity contribution is -0.137. The first-order valence-corrected chi connectivity index (χ1v) is 5.70. The maximum Gasteiger partial charge on any atom is 0.418 e. The maximum absolute atomic E-state index is 13.0. The summed E-state index contributed by atoms with van der Waals surface area (Å²) in [4.78, 5) is 4.03. The molecule has 0 saturated heterocycles. The lowest BCUT2D eigenvalue weighted by Gasteiger charge is -2.14. The van der Waals surface area contributed by atoms with Crippen LogP contribution in [-0.4, -0.2) is 4.98 Å². The van der Waals surface area contributed by atoms with Crippen LogP contribution >= 0.6 is 0 Å². The van der Waals surface area contributed by atoms with Crippen molar-refractivity contribution >= 4 is 11.5 Å². The highest BCUT2D eigenvalue weighted by Gasteiger charge is 2.34. The van der Waals surface area contributed by atoms with Gasteiger partial charge in [0.1, 0.15) is 11.6 Å². The Kier molecular flexibility index (Phi) is 3.89. The highest BCUT2D eigenvalue weighted by atomic mass is 19.4. The highest BCUT2D eigenvalue weighted by molar-refractivity contribution is 5.61. The largest absolute Gasteiger partial charge is 0.418 e. The minimum Gasteiger partial charge on any atom is -0.340 e. The zero-order valence-corrected chi connectivity index (χ0v) is 10.2. The van der Waals surface area contributed by atoms with Crippen LogP contribution in [0, 0.1) is 5.82 Å². The van der Waals surface area contributed by atoms with E-state index in [4.69, 9.17) is 5.73 Å². The molecule has 0 aliphatic heterocycles. The highest BCUT2D eigenvalue weighted by Crippen LogP contribution is 2.36. The fraction of sp³-hybridized carbons (Fsp3) is 0.154. The van der Waals surface area contributed by atoms with Crippen molar-refractivity contribution in [1.82, 2.24) is 4.98 Å². The van der Waals surface area contributed by atoms with Crippen molar-refractivity contribution in [2.75, 3.05) is 5.32 Å². The maximum atomic E-state index is 13.0. The van der Waals surface area contributed by atoms with Crippen LogP contribution in [0.3, 0.4) is 0 Å². The molecule has 3 nitrogen and oxygen atoms in total. The van der Waals surface area contributed by atoms with Crippen molar-refractivity contribution in [3.8, 4) is 0 Å². The third-order valence-electron chi connectivity index (χ3n) is 2.57. The minimum absolute atomic E-state index is 0.172.